The van der Waals surface area contributed by atoms with Crippen LogP contribution in [0.1, 0.15) is 106 Å². The normalized spacial score (nSPS) is 22.1. The molecule has 242 valence electrons. The van der Waals surface area contributed by atoms with E-state index >= 15 is 0 Å². The van der Waals surface area contributed by atoms with Gasteiger partial charge in [0.2, 0.25) is 0 Å². The first kappa shape index (κ1) is 36.0. The van der Waals surface area contributed by atoms with Crippen molar-refractivity contribution in [3.05, 3.63) is 56.7 Å². The van der Waals surface area contributed by atoms with Gasteiger partial charge in [-0.15, -0.1) is 11.3 Å². The van der Waals surface area contributed by atoms with Crippen LogP contribution >= 0.6 is 22.9 Å². The molecule has 1 aliphatic rings. The number of carbonyl (C=O) groups excluding carboxylic acids is 1. The molecule has 2 aromatic rings. The van der Waals surface area contributed by atoms with Gasteiger partial charge in [-0.25, -0.2) is 4.79 Å². The van der Waals surface area contributed by atoms with Crippen molar-refractivity contribution in [2.75, 3.05) is 33.0 Å². The van der Waals surface area contributed by atoms with Crippen LogP contribution in [0.3, 0.4) is 0 Å². The van der Waals surface area contributed by atoms with Crippen LogP contribution in [0, 0.1) is 0 Å². The Kier molecular flexibility index (Phi) is 17.1. The molecule has 43 heavy (non-hydrogen) atoms. The van der Waals surface area contributed by atoms with Crippen molar-refractivity contribution in [2.45, 2.75) is 116 Å². The molecule has 3 rings (SSSR count). The summed E-state index contributed by atoms with van der Waals surface area (Å²) in [5.74, 6) is -0.389. The van der Waals surface area contributed by atoms with Crippen LogP contribution in [0.4, 0.5) is 0 Å². The van der Waals surface area contributed by atoms with Gasteiger partial charge >= 0.3 is 5.97 Å². The number of halogens is 1. The molecule has 0 spiro atoms. The topological polar surface area (TPSA) is 72.5 Å². The van der Waals surface area contributed by atoms with E-state index < -0.39 is 12.2 Å². The van der Waals surface area contributed by atoms with E-state index in [0.29, 0.717) is 42.9 Å². The third kappa shape index (κ3) is 11.4. The Hall–Kier alpha value is -1.52. The molecule has 1 aromatic heterocycles. The Morgan fingerprint density at radius 1 is 0.814 bits per heavy atom. The zero-order valence-electron chi connectivity index (χ0n) is 26.4. The van der Waals surface area contributed by atoms with Gasteiger partial charge in [0.05, 0.1) is 16.5 Å². The lowest BCUT2D eigenvalue weighted by Crippen LogP contribution is -2.58. The van der Waals surface area contributed by atoms with Crippen molar-refractivity contribution in [3.63, 3.8) is 0 Å². The van der Waals surface area contributed by atoms with Gasteiger partial charge in [-0.1, -0.05) is 83.2 Å². The van der Waals surface area contributed by atoms with Gasteiger partial charge in [0.25, 0.3) is 0 Å². The highest BCUT2D eigenvalue weighted by Gasteiger charge is 2.49. The fraction of sp³-hybridized carbons (Fsp3) is 0.676. The summed E-state index contributed by atoms with van der Waals surface area (Å²) in [6, 6.07) is 10.9. The second-order valence-electron chi connectivity index (χ2n) is 11.0. The first-order chi connectivity index (χ1) is 21.0. The molecular formula is C34H51ClO7S. The first-order valence-corrected chi connectivity index (χ1v) is 17.3. The van der Waals surface area contributed by atoms with E-state index in [9.17, 15) is 4.79 Å². The Morgan fingerprint density at radius 2 is 1.40 bits per heavy atom. The summed E-state index contributed by atoms with van der Waals surface area (Å²) in [5.41, 5.74) is 1.24. The van der Waals surface area contributed by atoms with Crippen molar-refractivity contribution in [1.82, 2.24) is 0 Å². The largest absolute Gasteiger partial charge is 0.457 e. The van der Waals surface area contributed by atoms with E-state index in [1.54, 1.807) is 12.1 Å². The lowest BCUT2D eigenvalue weighted by atomic mass is 9.93. The molecule has 0 amide bonds. The highest BCUT2D eigenvalue weighted by molar-refractivity contribution is 7.16. The van der Waals surface area contributed by atoms with E-state index in [1.165, 1.54) is 11.3 Å². The Balaban J connectivity index is 1.89. The summed E-state index contributed by atoms with van der Waals surface area (Å²) < 4.78 is 38.8. The standard InChI is InChI=1S/C34H51ClO7S/c1-5-9-18-37-24-27-29(38-19-10-6-2)31(39-20-11-7-3)32(40-21-12-8-4)30(42-27)28-22-26(33(35)43-28)23-41-34(36)25-16-14-13-15-17-25/h13-17,22,27,29-32H,5-12,18-21,23-24H2,1-4H3/t27-,29-,30+,31+,32+/m1/s1. The molecule has 5 atom stereocenters. The van der Waals surface area contributed by atoms with Crippen molar-refractivity contribution >= 4 is 28.9 Å². The fourth-order valence-electron chi connectivity index (χ4n) is 4.85. The summed E-state index contributed by atoms with van der Waals surface area (Å²) in [6.07, 6.45) is 6.16. The smallest absolute Gasteiger partial charge is 0.338 e. The highest BCUT2D eigenvalue weighted by atomic mass is 35.5. The molecule has 0 unspecified atom stereocenters. The summed E-state index contributed by atoms with van der Waals surface area (Å²) in [4.78, 5) is 13.5. The number of rotatable bonds is 21. The summed E-state index contributed by atoms with van der Waals surface area (Å²) in [5, 5.41) is 0. The number of hydrogen-bond acceptors (Lipinski definition) is 8. The minimum atomic E-state index is -0.435. The third-order valence-corrected chi connectivity index (χ3v) is 8.91. The molecule has 0 saturated carbocycles. The van der Waals surface area contributed by atoms with Crippen LogP contribution in [0.2, 0.25) is 4.34 Å². The second-order valence-corrected chi connectivity index (χ2v) is 12.7. The van der Waals surface area contributed by atoms with Gasteiger partial charge in [0, 0.05) is 36.9 Å². The number of unbranched alkanes of at least 4 members (excludes halogenated alkanes) is 4. The van der Waals surface area contributed by atoms with Gasteiger partial charge in [-0.2, -0.15) is 0 Å². The van der Waals surface area contributed by atoms with E-state index in [1.807, 2.05) is 24.3 Å². The maximum Gasteiger partial charge on any atom is 0.338 e. The average Bonchev–Trinajstić information content (AvgIpc) is 3.40. The molecule has 0 radical (unpaired) electrons. The monoisotopic (exact) mass is 638 g/mol. The molecule has 0 bridgehead atoms. The van der Waals surface area contributed by atoms with E-state index in [2.05, 4.69) is 27.7 Å². The predicted molar refractivity (Wildman–Crippen MR) is 172 cm³/mol. The quantitative estimate of drug-likeness (QED) is 0.100. The minimum Gasteiger partial charge on any atom is -0.457 e. The van der Waals surface area contributed by atoms with Crippen molar-refractivity contribution in [3.8, 4) is 0 Å². The van der Waals surface area contributed by atoms with Gasteiger partial charge in [-0.3, -0.25) is 0 Å². The molecule has 1 aliphatic heterocycles. The number of carbonyl (C=O) groups is 1. The first-order valence-electron chi connectivity index (χ1n) is 16.1. The van der Waals surface area contributed by atoms with Crippen LogP contribution in [0.15, 0.2) is 36.4 Å². The van der Waals surface area contributed by atoms with Crippen molar-refractivity contribution in [1.29, 1.82) is 0 Å². The van der Waals surface area contributed by atoms with Gasteiger partial charge in [0.1, 0.15) is 37.1 Å². The highest BCUT2D eigenvalue weighted by Crippen LogP contribution is 2.42. The Bertz CT molecular complexity index is 1030. The van der Waals surface area contributed by atoms with E-state index in [0.717, 1.165) is 61.8 Å². The maximum absolute atomic E-state index is 12.6. The predicted octanol–water partition coefficient (Wildman–Crippen LogP) is 8.57. The Morgan fingerprint density at radius 3 is 2.02 bits per heavy atom. The molecule has 1 fully saturated rings. The van der Waals surface area contributed by atoms with Crippen LogP contribution in [-0.4, -0.2) is 63.4 Å². The fourth-order valence-corrected chi connectivity index (χ4v) is 6.19. The molecule has 1 aromatic carbocycles. The maximum atomic E-state index is 12.6. The number of ether oxygens (including phenoxy) is 6. The van der Waals surface area contributed by atoms with Crippen LogP contribution in [-0.2, 0) is 35.0 Å². The number of thiophene rings is 1. The number of hydrogen-bond donors (Lipinski definition) is 0. The summed E-state index contributed by atoms with van der Waals surface area (Å²) in [7, 11) is 0. The van der Waals surface area contributed by atoms with Crippen molar-refractivity contribution in [2.24, 2.45) is 0 Å². The molecule has 1 saturated heterocycles. The molecular weight excluding hydrogens is 588 g/mol. The molecule has 9 heteroatoms. The summed E-state index contributed by atoms with van der Waals surface area (Å²) >= 11 is 8.16. The van der Waals surface area contributed by atoms with E-state index in [-0.39, 0.29) is 30.9 Å². The second kappa shape index (κ2) is 20.5. The van der Waals surface area contributed by atoms with Crippen LogP contribution in [0.5, 0.6) is 0 Å². The van der Waals surface area contributed by atoms with Crippen molar-refractivity contribution < 1.29 is 33.2 Å². The average molecular weight is 639 g/mol. The zero-order chi connectivity index (χ0) is 30.9. The van der Waals surface area contributed by atoms with Crippen LogP contribution < -0.4 is 0 Å². The SMILES string of the molecule is CCCCOC[C@H]1O[C@@H](c2cc(COC(=O)c3ccccc3)c(Cl)s2)[C@H](OCCCC)[C@@H](OCCCC)[C@@H]1OCCCC. The number of esters is 1. The molecule has 2 heterocycles. The lowest BCUT2D eigenvalue weighted by molar-refractivity contribution is -0.267. The molecule has 0 aliphatic carbocycles. The van der Waals surface area contributed by atoms with Crippen LogP contribution in [0.25, 0.3) is 0 Å². The van der Waals surface area contributed by atoms with E-state index in [4.69, 9.17) is 40.0 Å². The lowest BCUT2D eigenvalue weighted by Gasteiger charge is -2.46. The van der Waals surface area contributed by atoms with Gasteiger partial charge in [0.15, 0.2) is 0 Å². The van der Waals surface area contributed by atoms with Gasteiger partial charge in [-0.05, 0) is 43.9 Å². The molecule has 7 nitrogen and oxygen atoms in total. The number of benzene rings is 1. The zero-order valence-corrected chi connectivity index (χ0v) is 28.0. The molecule has 0 N–H and O–H groups in total. The third-order valence-electron chi connectivity index (χ3n) is 7.41. The Labute approximate surface area is 267 Å². The van der Waals surface area contributed by atoms with Gasteiger partial charge < -0.3 is 28.4 Å². The minimum absolute atomic E-state index is 0.0693. The summed E-state index contributed by atoms with van der Waals surface area (Å²) in [6.45, 7) is 11.6.